The van der Waals surface area contributed by atoms with Gasteiger partial charge in [-0.2, -0.15) is 8.42 Å². The van der Waals surface area contributed by atoms with E-state index in [-0.39, 0.29) is 46.5 Å². The molecule has 2 amide bonds. The molecule has 0 radical (unpaired) electrons. The van der Waals surface area contributed by atoms with E-state index in [0.717, 1.165) is 25.7 Å². The maximum Gasteiger partial charge on any atom is 1.00 e. The molecule has 21 heavy (non-hydrogen) atoms. The first kappa shape index (κ1) is 18.4. The molecule has 0 spiro atoms. The molecular formula is C13H18N2NaO4S+. The van der Waals surface area contributed by atoms with E-state index in [1.165, 1.54) is 30.7 Å². The molecule has 0 aliphatic heterocycles. The fourth-order valence-corrected chi connectivity index (χ4v) is 2.79. The fraction of sp³-hybridized carbons (Fsp3) is 0.462. The van der Waals surface area contributed by atoms with Gasteiger partial charge in [0.1, 0.15) is 0 Å². The minimum Gasteiger partial charge on any atom is -0.335 e. The second kappa shape index (κ2) is 8.14. The zero-order valence-corrected chi connectivity index (χ0v) is 14.8. The van der Waals surface area contributed by atoms with E-state index >= 15 is 0 Å². The molecule has 110 valence electrons. The zero-order valence-electron chi connectivity index (χ0n) is 12.0. The Morgan fingerprint density at radius 2 is 1.67 bits per heavy atom. The van der Waals surface area contributed by atoms with Crippen molar-refractivity contribution in [3.05, 3.63) is 24.3 Å². The molecule has 1 fully saturated rings. The van der Waals surface area contributed by atoms with Crippen LogP contribution in [0.15, 0.2) is 29.2 Å². The van der Waals surface area contributed by atoms with Crippen LogP contribution in [0.4, 0.5) is 10.5 Å². The first-order valence-electron chi connectivity index (χ1n) is 6.60. The molecule has 8 heteroatoms. The third-order valence-corrected chi connectivity index (χ3v) is 4.22. The third kappa shape index (κ3) is 5.96. The van der Waals surface area contributed by atoms with Gasteiger partial charge in [-0.15, -0.1) is 0 Å². The number of benzene rings is 1. The number of rotatable bonds is 3. The van der Waals surface area contributed by atoms with Gasteiger partial charge in [0.05, 0.1) is 4.90 Å². The summed E-state index contributed by atoms with van der Waals surface area (Å²) < 4.78 is 30.6. The number of nitrogens with one attached hydrogen (secondary N) is 2. The maximum absolute atomic E-state index is 11.8. The van der Waals surface area contributed by atoms with Gasteiger partial charge in [0.15, 0.2) is 0 Å². The molecule has 0 unspecified atom stereocenters. The number of carbonyl (C=O) groups is 1. The summed E-state index contributed by atoms with van der Waals surface area (Å²) in [5, 5.41) is 5.54. The average molecular weight is 321 g/mol. The normalized spacial score (nSPS) is 15.9. The number of amides is 2. The fourth-order valence-electron chi connectivity index (χ4n) is 2.31. The van der Waals surface area contributed by atoms with Gasteiger partial charge in [0, 0.05) is 11.7 Å². The molecular weight excluding hydrogens is 303 g/mol. The van der Waals surface area contributed by atoms with Gasteiger partial charge in [0.25, 0.3) is 10.1 Å². The minimum absolute atomic E-state index is 0. The van der Waals surface area contributed by atoms with Crippen LogP contribution in [0.25, 0.3) is 0 Å². The van der Waals surface area contributed by atoms with Crippen molar-refractivity contribution in [2.24, 2.45) is 0 Å². The Labute approximate surface area is 146 Å². The SMILES string of the molecule is O=C(Nc1ccc(S(=O)(=O)O)cc1)NC1CCCCC1.[Na+]. The summed E-state index contributed by atoms with van der Waals surface area (Å²) in [5.74, 6) is 0. The van der Waals surface area contributed by atoms with Crippen LogP contribution in [-0.2, 0) is 10.1 Å². The number of hydrogen-bond acceptors (Lipinski definition) is 3. The van der Waals surface area contributed by atoms with Gasteiger partial charge in [-0.25, -0.2) is 4.79 Å². The molecule has 1 aromatic carbocycles. The molecule has 0 heterocycles. The average Bonchev–Trinajstić information content (AvgIpc) is 2.39. The Hall–Kier alpha value is -0.600. The summed E-state index contributed by atoms with van der Waals surface area (Å²) in [5.41, 5.74) is 0.478. The molecule has 1 aliphatic carbocycles. The van der Waals surface area contributed by atoms with E-state index in [2.05, 4.69) is 10.6 Å². The topological polar surface area (TPSA) is 95.5 Å². The van der Waals surface area contributed by atoms with Gasteiger partial charge in [-0.3, -0.25) is 4.55 Å². The van der Waals surface area contributed by atoms with Crippen LogP contribution in [-0.4, -0.2) is 25.0 Å². The molecule has 1 saturated carbocycles. The third-order valence-electron chi connectivity index (χ3n) is 3.35. The molecule has 0 atom stereocenters. The Kier molecular flexibility index (Phi) is 7.15. The van der Waals surface area contributed by atoms with Crippen LogP contribution in [0.1, 0.15) is 32.1 Å². The number of hydrogen-bond donors (Lipinski definition) is 3. The Bertz CT molecular complexity index is 568. The predicted molar refractivity (Wildman–Crippen MR) is 75.3 cm³/mol. The van der Waals surface area contributed by atoms with Crippen molar-refractivity contribution in [2.75, 3.05) is 5.32 Å². The second-order valence-corrected chi connectivity index (χ2v) is 6.35. The van der Waals surface area contributed by atoms with Crippen LogP contribution in [0.5, 0.6) is 0 Å². The number of carbonyl (C=O) groups excluding carboxylic acids is 1. The number of urea groups is 1. The van der Waals surface area contributed by atoms with E-state index in [4.69, 9.17) is 4.55 Å². The van der Waals surface area contributed by atoms with Crippen LogP contribution < -0.4 is 40.2 Å². The van der Waals surface area contributed by atoms with Crippen molar-refractivity contribution >= 4 is 21.8 Å². The monoisotopic (exact) mass is 321 g/mol. The van der Waals surface area contributed by atoms with Crippen molar-refractivity contribution in [1.29, 1.82) is 0 Å². The van der Waals surface area contributed by atoms with E-state index in [1.54, 1.807) is 0 Å². The summed E-state index contributed by atoms with van der Waals surface area (Å²) in [6, 6.07) is 5.27. The number of anilines is 1. The van der Waals surface area contributed by atoms with E-state index in [1.807, 2.05) is 0 Å². The van der Waals surface area contributed by atoms with E-state index in [0.29, 0.717) is 5.69 Å². The molecule has 2 rings (SSSR count). The summed E-state index contributed by atoms with van der Waals surface area (Å²) in [6.45, 7) is 0. The van der Waals surface area contributed by atoms with E-state index < -0.39 is 10.1 Å². The Balaban J connectivity index is 0.00000220. The minimum atomic E-state index is -4.20. The first-order valence-corrected chi connectivity index (χ1v) is 8.04. The summed E-state index contributed by atoms with van der Waals surface area (Å²) in [6.07, 6.45) is 5.48. The van der Waals surface area contributed by atoms with E-state index in [9.17, 15) is 13.2 Å². The molecule has 1 aliphatic rings. The van der Waals surface area contributed by atoms with Crippen LogP contribution >= 0.6 is 0 Å². The molecule has 6 nitrogen and oxygen atoms in total. The largest absolute Gasteiger partial charge is 1.00 e. The smallest absolute Gasteiger partial charge is 0.335 e. The van der Waals surface area contributed by atoms with Crippen molar-refractivity contribution in [1.82, 2.24) is 5.32 Å². The van der Waals surface area contributed by atoms with Crippen molar-refractivity contribution in [2.45, 2.75) is 43.0 Å². The van der Waals surface area contributed by atoms with Crippen LogP contribution in [0, 0.1) is 0 Å². The van der Waals surface area contributed by atoms with Gasteiger partial charge in [-0.05, 0) is 37.1 Å². The Morgan fingerprint density at radius 1 is 1.10 bits per heavy atom. The van der Waals surface area contributed by atoms with Gasteiger partial charge in [-0.1, -0.05) is 19.3 Å². The molecule has 0 bridgehead atoms. The van der Waals surface area contributed by atoms with Crippen molar-refractivity contribution in [3.8, 4) is 0 Å². The molecule has 3 N–H and O–H groups in total. The summed E-state index contributed by atoms with van der Waals surface area (Å²) in [7, 11) is -4.20. The van der Waals surface area contributed by atoms with Crippen molar-refractivity contribution in [3.63, 3.8) is 0 Å². The quantitative estimate of drug-likeness (QED) is 0.511. The molecule has 1 aromatic rings. The molecule has 0 aromatic heterocycles. The first-order chi connectivity index (χ1) is 9.45. The van der Waals surface area contributed by atoms with Crippen molar-refractivity contribution < 1.29 is 47.3 Å². The van der Waals surface area contributed by atoms with Crippen LogP contribution in [0.3, 0.4) is 0 Å². The van der Waals surface area contributed by atoms with Crippen LogP contribution in [0.2, 0.25) is 0 Å². The molecule has 0 saturated heterocycles. The zero-order chi connectivity index (χ0) is 14.6. The van der Waals surface area contributed by atoms with Gasteiger partial charge >= 0.3 is 35.6 Å². The maximum atomic E-state index is 11.8. The second-order valence-electron chi connectivity index (χ2n) is 4.93. The summed E-state index contributed by atoms with van der Waals surface area (Å²) >= 11 is 0. The standard InChI is InChI=1S/C13H18N2O4S.Na/c16-13(14-10-4-2-1-3-5-10)15-11-6-8-12(9-7-11)20(17,18)19;/h6-10H,1-5H2,(H2,14,15,16)(H,17,18,19);/q;+1. The van der Waals surface area contributed by atoms with Gasteiger partial charge < -0.3 is 10.6 Å². The summed E-state index contributed by atoms with van der Waals surface area (Å²) in [4.78, 5) is 11.6. The van der Waals surface area contributed by atoms with Gasteiger partial charge in [0.2, 0.25) is 0 Å². The predicted octanol–water partition coefficient (Wildman–Crippen LogP) is -0.608. The Morgan fingerprint density at radius 3 is 2.19 bits per heavy atom.